The molecule has 2 aromatic carbocycles. The lowest BCUT2D eigenvalue weighted by Gasteiger charge is -2.22. The van der Waals surface area contributed by atoms with Crippen LogP contribution < -0.4 is 10.2 Å². The Hall–Kier alpha value is -3.98. The molecule has 2 amide bonds. The zero-order chi connectivity index (χ0) is 20.4. The van der Waals surface area contributed by atoms with Crippen LogP contribution >= 0.6 is 0 Å². The number of nitrogens with zero attached hydrogens (tertiary/aromatic N) is 3. The monoisotopic (exact) mass is 382 g/mol. The van der Waals surface area contributed by atoms with Crippen LogP contribution in [0.2, 0.25) is 0 Å². The molecular weight excluding hydrogens is 364 g/mol. The van der Waals surface area contributed by atoms with Gasteiger partial charge in [-0.3, -0.25) is 9.59 Å². The minimum absolute atomic E-state index is 0.0212. The summed E-state index contributed by atoms with van der Waals surface area (Å²) in [5.74, 6) is -0.673. The van der Waals surface area contributed by atoms with E-state index in [1.165, 1.54) is 0 Å². The van der Waals surface area contributed by atoms with Crippen molar-refractivity contribution in [3.63, 3.8) is 0 Å². The summed E-state index contributed by atoms with van der Waals surface area (Å²) >= 11 is 0. The lowest BCUT2D eigenvalue weighted by Crippen LogP contribution is -2.36. The van der Waals surface area contributed by atoms with Crippen molar-refractivity contribution in [2.45, 2.75) is 19.4 Å². The van der Waals surface area contributed by atoms with Crippen molar-refractivity contribution in [3.05, 3.63) is 89.2 Å². The van der Waals surface area contributed by atoms with Crippen molar-refractivity contribution in [1.82, 2.24) is 4.98 Å². The van der Waals surface area contributed by atoms with Gasteiger partial charge in [-0.15, -0.1) is 0 Å². The summed E-state index contributed by atoms with van der Waals surface area (Å²) in [7, 11) is 0. The van der Waals surface area contributed by atoms with E-state index in [0.29, 0.717) is 11.3 Å². The van der Waals surface area contributed by atoms with Gasteiger partial charge in [-0.2, -0.15) is 5.26 Å². The predicted molar refractivity (Wildman–Crippen MR) is 110 cm³/mol. The van der Waals surface area contributed by atoms with E-state index in [2.05, 4.69) is 10.3 Å². The number of hydrogen-bond donors (Lipinski definition) is 1. The van der Waals surface area contributed by atoms with E-state index in [-0.39, 0.29) is 23.3 Å². The van der Waals surface area contributed by atoms with Gasteiger partial charge in [0.1, 0.15) is 11.4 Å². The lowest BCUT2D eigenvalue weighted by molar-refractivity contribution is 0.0976. The normalized spacial score (nSPS) is 14.8. The van der Waals surface area contributed by atoms with Crippen LogP contribution in [0.25, 0.3) is 0 Å². The van der Waals surface area contributed by atoms with Crippen LogP contribution in [-0.2, 0) is 6.42 Å². The first-order chi connectivity index (χ1) is 14.1. The summed E-state index contributed by atoms with van der Waals surface area (Å²) in [6, 6.07) is 21.3. The number of nitriles is 1. The second kappa shape index (κ2) is 7.56. The number of benzene rings is 2. The molecule has 2 heterocycles. The molecule has 29 heavy (non-hydrogen) atoms. The predicted octanol–water partition coefficient (Wildman–Crippen LogP) is 3.80. The van der Waals surface area contributed by atoms with Crippen LogP contribution in [0.1, 0.15) is 39.0 Å². The van der Waals surface area contributed by atoms with E-state index in [1.807, 2.05) is 37.3 Å². The largest absolute Gasteiger partial charge is 0.321 e. The first-order valence-electron chi connectivity index (χ1n) is 9.27. The van der Waals surface area contributed by atoms with Crippen molar-refractivity contribution < 1.29 is 9.59 Å². The minimum atomic E-state index is -0.440. The van der Waals surface area contributed by atoms with Crippen LogP contribution in [0.4, 0.5) is 11.4 Å². The van der Waals surface area contributed by atoms with E-state index in [1.54, 1.807) is 47.4 Å². The molecule has 0 saturated heterocycles. The van der Waals surface area contributed by atoms with Gasteiger partial charge in [-0.1, -0.05) is 30.3 Å². The summed E-state index contributed by atoms with van der Waals surface area (Å²) < 4.78 is 0. The number of anilines is 2. The second-order valence-corrected chi connectivity index (χ2v) is 6.91. The SMILES string of the molecule is CC1Cc2ccccc2N1C(=O)c1cccc(C(=O)Nc2cccc(C#N)c2)n1. The molecule has 6 heteroatoms. The summed E-state index contributed by atoms with van der Waals surface area (Å²) in [6.07, 6.45) is 0.789. The van der Waals surface area contributed by atoms with Gasteiger partial charge >= 0.3 is 0 Å². The summed E-state index contributed by atoms with van der Waals surface area (Å²) in [5, 5.41) is 11.7. The highest BCUT2D eigenvalue weighted by Gasteiger charge is 2.32. The van der Waals surface area contributed by atoms with Crippen molar-refractivity contribution >= 4 is 23.2 Å². The van der Waals surface area contributed by atoms with E-state index < -0.39 is 5.91 Å². The number of para-hydroxylation sites is 1. The number of rotatable bonds is 3. The molecule has 3 aromatic rings. The standard InChI is InChI=1S/C23H18N4O2/c1-15-12-17-7-2-3-11-21(17)27(15)23(29)20-10-5-9-19(26-20)22(28)25-18-8-4-6-16(13-18)14-24/h2-11,13,15H,12H2,1H3,(H,25,28). The molecule has 0 spiro atoms. The molecule has 6 nitrogen and oxygen atoms in total. The molecule has 1 atom stereocenters. The Morgan fingerprint density at radius 1 is 1.07 bits per heavy atom. The Labute approximate surface area is 168 Å². The molecule has 1 N–H and O–H groups in total. The zero-order valence-corrected chi connectivity index (χ0v) is 15.8. The Morgan fingerprint density at radius 2 is 1.83 bits per heavy atom. The highest BCUT2D eigenvalue weighted by molar-refractivity contribution is 6.08. The van der Waals surface area contributed by atoms with Crippen molar-refractivity contribution in [1.29, 1.82) is 5.26 Å². The van der Waals surface area contributed by atoms with Crippen LogP contribution in [0.15, 0.2) is 66.7 Å². The number of pyridine rings is 1. The maximum absolute atomic E-state index is 13.1. The minimum Gasteiger partial charge on any atom is -0.321 e. The van der Waals surface area contributed by atoms with Crippen LogP contribution in [-0.4, -0.2) is 22.8 Å². The molecule has 1 aromatic heterocycles. The van der Waals surface area contributed by atoms with Crippen LogP contribution in [0.3, 0.4) is 0 Å². The number of amides is 2. The average molecular weight is 382 g/mol. The van der Waals surface area contributed by atoms with E-state index in [0.717, 1.165) is 17.7 Å². The Balaban J connectivity index is 1.58. The van der Waals surface area contributed by atoms with E-state index >= 15 is 0 Å². The number of nitrogens with one attached hydrogen (secondary N) is 1. The third-order valence-corrected chi connectivity index (χ3v) is 4.88. The fourth-order valence-corrected chi connectivity index (χ4v) is 3.54. The molecule has 1 aliphatic rings. The number of carbonyl (C=O) groups excluding carboxylic acids is 2. The van der Waals surface area contributed by atoms with Gasteiger partial charge < -0.3 is 10.2 Å². The molecule has 142 valence electrons. The topological polar surface area (TPSA) is 86.1 Å². The maximum Gasteiger partial charge on any atom is 0.277 e. The Kier molecular flexibility index (Phi) is 4.80. The number of fused-ring (bicyclic) bond motifs is 1. The molecule has 1 unspecified atom stereocenters. The number of aromatic nitrogens is 1. The highest BCUT2D eigenvalue weighted by atomic mass is 16.2. The molecule has 0 bridgehead atoms. The fourth-order valence-electron chi connectivity index (χ4n) is 3.54. The van der Waals surface area contributed by atoms with E-state index in [4.69, 9.17) is 5.26 Å². The molecule has 1 aliphatic heterocycles. The van der Waals surface area contributed by atoms with Gasteiger partial charge in [0, 0.05) is 17.4 Å². The van der Waals surface area contributed by atoms with Crippen molar-refractivity contribution in [2.75, 3.05) is 10.2 Å². The van der Waals surface area contributed by atoms with Crippen molar-refractivity contribution in [3.8, 4) is 6.07 Å². The first-order valence-corrected chi connectivity index (χ1v) is 9.27. The molecule has 0 aliphatic carbocycles. The first kappa shape index (κ1) is 18.4. The lowest BCUT2D eigenvalue weighted by atomic mass is 10.1. The van der Waals surface area contributed by atoms with Gasteiger partial charge in [-0.25, -0.2) is 4.98 Å². The van der Waals surface area contributed by atoms with Crippen LogP contribution in [0.5, 0.6) is 0 Å². The number of hydrogen-bond acceptors (Lipinski definition) is 4. The van der Waals surface area contributed by atoms with Gasteiger partial charge in [0.05, 0.1) is 11.6 Å². The van der Waals surface area contributed by atoms with Crippen molar-refractivity contribution in [2.24, 2.45) is 0 Å². The molecular formula is C23H18N4O2. The number of carbonyl (C=O) groups is 2. The highest BCUT2D eigenvalue weighted by Crippen LogP contribution is 2.32. The Morgan fingerprint density at radius 3 is 2.66 bits per heavy atom. The third-order valence-electron chi connectivity index (χ3n) is 4.88. The molecule has 4 rings (SSSR count). The van der Waals surface area contributed by atoms with Gasteiger partial charge in [-0.05, 0) is 55.3 Å². The second-order valence-electron chi connectivity index (χ2n) is 6.91. The fraction of sp³-hybridized carbons (Fsp3) is 0.130. The third kappa shape index (κ3) is 3.58. The average Bonchev–Trinajstić information content (AvgIpc) is 3.09. The molecule has 0 fully saturated rings. The smallest absolute Gasteiger partial charge is 0.277 e. The van der Waals surface area contributed by atoms with Gasteiger partial charge in [0.15, 0.2) is 0 Å². The molecule has 0 radical (unpaired) electrons. The summed E-state index contributed by atoms with van der Waals surface area (Å²) in [6.45, 7) is 2.00. The quantitative estimate of drug-likeness (QED) is 0.747. The zero-order valence-electron chi connectivity index (χ0n) is 15.8. The summed E-state index contributed by atoms with van der Waals surface area (Å²) in [4.78, 5) is 31.8. The van der Waals surface area contributed by atoms with Gasteiger partial charge in [0.25, 0.3) is 11.8 Å². The van der Waals surface area contributed by atoms with Gasteiger partial charge in [0.2, 0.25) is 0 Å². The maximum atomic E-state index is 13.1. The van der Waals surface area contributed by atoms with Crippen LogP contribution in [0, 0.1) is 11.3 Å². The van der Waals surface area contributed by atoms with E-state index in [9.17, 15) is 9.59 Å². The Bertz CT molecular complexity index is 1150. The molecule has 0 saturated carbocycles. The summed E-state index contributed by atoms with van der Waals surface area (Å²) in [5.41, 5.74) is 3.30.